The van der Waals surface area contributed by atoms with Crippen LogP contribution in [0.5, 0.6) is 0 Å². The number of nitrogens with one attached hydrogen (secondary N) is 1. The first-order valence-electron chi connectivity index (χ1n) is 6.97. The molecule has 4 atom stereocenters. The van der Waals surface area contributed by atoms with Crippen molar-refractivity contribution in [2.24, 2.45) is 5.92 Å². The SMILES string of the molecule is OC1CCCC(NC2CCCCC2C(F)(F)F)C1. The lowest BCUT2D eigenvalue weighted by Crippen LogP contribution is -2.50. The van der Waals surface area contributed by atoms with E-state index >= 15 is 0 Å². The Morgan fingerprint density at radius 2 is 1.67 bits per heavy atom. The Labute approximate surface area is 106 Å². The zero-order chi connectivity index (χ0) is 13.2. The molecule has 2 saturated carbocycles. The lowest BCUT2D eigenvalue weighted by Gasteiger charge is -2.38. The van der Waals surface area contributed by atoms with Crippen molar-refractivity contribution in [2.75, 3.05) is 0 Å². The molecule has 106 valence electrons. The highest BCUT2D eigenvalue weighted by atomic mass is 19.4. The van der Waals surface area contributed by atoms with E-state index in [4.69, 9.17) is 0 Å². The van der Waals surface area contributed by atoms with Crippen molar-refractivity contribution in [1.29, 1.82) is 0 Å². The maximum absolute atomic E-state index is 12.9. The van der Waals surface area contributed by atoms with Gasteiger partial charge in [-0.15, -0.1) is 0 Å². The van der Waals surface area contributed by atoms with Gasteiger partial charge in [0.2, 0.25) is 0 Å². The van der Waals surface area contributed by atoms with Gasteiger partial charge in [0.1, 0.15) is 0 Å². The van der Waals surface area contributed by atoms with E-state index in [9.17, 15) is 18.3 Å². The summed E-state index contributed by atoms with van der Waals surface area (Å²) in [5, 5.41) is 12.7. The fraction of sp³-hybridized carbons (Fsp3) is 1.00. The van der Waals surface area contributed by atoms with E-state index in [2.05, 4.69) is 5.32 Å². The number of hydrogen-bond acceptors (Lipinski definition) is 2. The van der Waals surface area contributed by atoms with Gasteiger partial charge < -0.3 is 10.4 Å². The van der Waals surface area contributed by atoms with Gasteiger partial charge in [-0.05, 0) is 38.5 Å². The summed E-state index contributed by atoms with van der Waals surface area (Å²) in [6.07, 6.45) is 1.14. The smallest absolute Gasteiger partial charge is 0.393 e. The van der Waals surface area contributed by atoms with Gasteiger partial charge in [-0.25, -0.2) is 0 Å². The number of rotatable bonds is 2. The van der Waals surface area contributed by atoms with Gasteiger partial charge in [-0.3, -0.25) is 0 Å². The molecule has 0 spiro atoms. The number of aliphatic hydroxyl groups is 1. The normalized spacial score (nSPS) is 38.7. The molecule has 0 aromatic carbocycles. The molecule has 0 radical (unpaired) electrons. The minimum absolute atomic E-state index is 0.0571. The van der Waals surface area contributed by atoms with Crippen LogP contribution in [0.3, 0.4) is 0 Å². The Balaban J connectivity index is 1.93. The monoisotopic (exact) mass is 265 g/mol. The third-order valence-corrected chi connectivity index (χ3v) is 4.28. The van der Waals surface area contributed by atoms with E-state index in [1.165, 1.54) is 0 Å². The number of hydrogen-bond donors (Lipinski definition) is 2. The van der Waals surface area contributed by atoms with Gasteiger partial charge >= 0.3 is 6.18 Å². The maximum atomic E-state index is 12.9. The highest BCUT2D eigenvalue weighted by molar-refractivity contribution is 4.89. The van der Waals surface area contributed by atoms with Crippen molar-refractivity contribution in [3.8, 4) is 0 Å². The number of alkyl halides is 3. The highest BCUT2D eigenvalue weighted by Crippen LogP contribution is 2.38. The largest absolute Gasteiger partial charge is 0.393 e. The van der Waals surface area contributed by atoms with Crippen LogP contribution < -0.4 is 5.32 Å². The third-order valence-electron chi connectivity index (χ3n) is 4.28. The fourth-order valence-electron chi connectivity index (χ4n) is 3.34. The van der Waals surface area contributed by atoms with Crippen molar-refractivity contribution in [1.82, 2.24) is 5.32 Å². The zero-order valence-corrected chi connectivity index (χ0v) is 10.5. The Kier molecular flexibility index (Phi) is 4.54. The maximum Gasteiger partial charge on any atom is 0.393 e. The van der Waals surface area contributed by atoms with Gasteiger partial charge in [0, 0.05) is 12.1 Å². The molecule has 2 nitrogen and oxygen atoms in total. The molecule has 0 bridgehead atoms. The molecule has 2 aliphatic rings. The van der Waals surface area contributed by atoms with Crippen LogP contribution in [0.15, 0.2) is 0 Å². The number of aliphatic hydroxyl groups excluding tert-OH is 1. The zero-order valence-electron chi connectivity index (χ0n) is 10.5. The van der Waals surface area contributed by atoms with Crippen LogP contribution in [0.1, 0.15) is 51.4 Å². The van der Waals surface area contributed by atoms with Gasteiger partial charge in [0.15, 0.2) is 0 Å². The van der Waals surface area contributed by atoms with Crippen LogP contribution >= 0.6 is 0 Å². The van der Waals surface area contributed by atoms with Crippen molar-refractivity contribution in [2.45, 2.75) is 75.7 Å². The highest BCUT2D eigenvalue weighted by Gasteiger charge is 2.45. The Bertz CT molecular complexity index is 269. The van der Waals surface area contributed by atoms with Crippen LogP contribution in [0, 0.1) is 5.92 Å². The molecule has 2 aliphatic carbocycles. The molecule has 0 aromatic heterocycles. The quantitative estimate of drug-likeness (QED) is 0.804. The third kappa shape index (κ3) is 3.60. The summed E-state index contributed by atoms with van der Waals surface area (Å²) in [6, 6.07) is -0.393. The predicted molar refractivity (Wildman–Crippen MR) is 63.2 cm³/mol. The van der Waals surface area contributed by atoms with Gasteiger partial charge in [0.05, 0.1) is 12.0 Å². The summed E-state index contributed by atoms with van der Waals surface area (Å²) in [6.45, 7) is 0. The average molecular weight is 265 g/mol. The van der Waals surface area contributed by atoms with Gasteiger partial charge in [-0.1, -0.05) is 12.8 Å². The molecule has 2 fully saturated rings. The van der Waals surface area contributed by atoms with Crippen LogP contribution in [0.2, 0.25) is 0 Å². The summed E-state index contributed by atoms with van der Waals surface area (Å²) >= 11 is 0. The van der Waals surface area contributed by atoms with Crippen molar-refractivity contribution >= 4 is 0 Å². The molecule has 2 rings (SSSR count). The standard InChI is InChI=1S/C13H22F3NO/c14-13(15,16)11-6-1-2-7-12(11)17-9-4-3-5-10(18)8-9/h9-12,17-18H,1-8H2. The average Bonchev–Trinajstić information content (AvgIpc) is 2.28. The molecule has 0 heterocycles. The van der Waals surface area contributed by atoms with E-state index in [0.717, 1.165) is 25.7 Å². The predicted octanol–water partition coefficient (Wildman–Crippen LogP) is 3.00. The second-order valence-electron chi connectivity index (χ2n) is 5.72. The lowest BCUT2D eigenvalue weighted by atomic mass is 9.82. The Morgan fingerprint density at radius 1 is 0.944 bits per heavy atom. The van der Waals surface area contributed by atoms with Crippen LogP contribution in [0.25, 0.3) is 0 Å². The van der Waals surface area contributed by atoms with Gasteiger partial charge in [-0.2, -0.15) is 13.2 Å². The fourth-order valence-corrected chi connectivity index (χ4v) is 3.34. The van der Waals surface area contributed by atoms with E-state index < -0.39 is 18.1 Å². The summed E-state index contributed by atoms with van der Waals surface area (Å²) < 4.78 is 38.8. The first-order chi connectivity index (χ1) is 8.47. The second kappa shape index (κ2) is 5.78. The van der Waals surface area contributed by atoms with E-state index in [1.54, 1.807) is 0 Å². The molecular weight excluding hydrogens is 243 g/mol. The van der Waals surface area contributed by atoms with Crippen molar-refractivity contribution < 1.29 is 18.3 Å². The Hall–Kier alpha value is -0.290. The molecule has 0 aliphatic heterocycles. The molecule has 4 unspecified atom stereocenters. The molecule has 18 heavy (non-hydrogen) atoms. The molecule has 5 heteroatoms. The van der Waals surface area contributed by atoms with Crippen LogP contribution in [-0.4, -0.2) is 29.5 Å². The molecule has 0 amide bonds. The first kappa shape index (κ1) is 14.1. The minimum atomic E-state index is -4.09. The van der Waals surface area contributed by atoms with E-state index in [1.807, 2.05) is 0 Å². The van der Waals surface area contributed by atoms with E-state index in [0.29, 0.717) is 19.3 Å². The summed E-state index contributed by atoms with van der Waals surface area (Å²) in [5.74, 6) is -1.20. The summed E-state index contributed by atoms with van der Waals surface area (Å²) in [4.78, 5) is 0. The lowest BCUT2D eigenvalue weighted by molar-refractivity contribution is -0.189. The summed E-state index contributed by atoms with van der Waals surface area (Å²) in [5.41, 5.74) is 0. The second-order valence-corrected chi connectivity index (χ2v) is 5.72. The topological polar surface area (TPSA) is 32.3 Å². The van der Waals surface area contributed by atoms with Crippen molar-refractivity contribution in [3.63, 3.8) is 0 Å². The minimum Gasteiger partial charge on any atom is -0.393 e. The molecule has 0 saturated heterocycles. The van der Waals surface area contributed by atoms with Crippen molar-refractivity contribution in [3.05, 3.63) is 0 Å². The molecule has 2 N–H and O–H groups in total. The first-order valence-corrected chi connectivity index (χ1v) is 6.97. The Morgan fingerprint density at radius 3 is 2.33 bits per heavy atom. The van der Waals surface area contributed by atoms with Crippen LogP contribution in [0.4, 0.5) is 13.2 Å². The molecule has 0 aromatic rings. The summed E-state index contributed by atoms with van der Waals surface area (Å²) in [7, 11) is 0. The molecular formula is C13H22F3NO. The number of halogens is 3. The van der Waals surface area contributed by atoms with E-state index in [-0.39, 0.29) is 18.6 Å². The van der Waals surface area contributed by atoms with Crippen LogP contribution in [-0.2, 0) is 0 Å². The van der Waals surface area contributed by atoms with Gasteiger partial charge in [0.25, 0.3) is 0 Å².